The molecule has 0 aliphatic heterocycles. The van der Waals surface area contributed by atoms with E-state index in [4.69, 9.17) is 5.73 Å². The van der Waals surface area contributed by atoms with E-state index in [1.165, 1.54) is 16.7 Å². The topological polar surface area (TPSA) is 55.4 Å². The van der Waals surface area contributed by atoms with Crippen LogP contribution in [0, 0.1) is 18.3 Å². The van der Waals surface area contributed by atoms with Crippen LogP contribution in [0.1, 0.15) is 84.8 Å². The van der Waals surface area contributed by atoms with Crippen molar-refractivity contribution in [3.8, 4) is 12.8 Å². The molecule has 0 radical (unpaired) electrons. The highest BCUT2D eigenvalue weighted by molar-refractivity contribution is 5.77. The van der Waals surface area contributed by atoms with Gasteiger partial charge in [0.15, 0.2) is 0 Å². The van der Waals surface area contributed by atoms with Crippen LogP contribution in [0.15, 0.2) is 47.6 Å². The normalized spacial score (nSPS) is 12.7. The zero-order valence-electron chi connectivity index (χ0n) is 20.1. The fourth-order valence-electron chi connectivity index (χ4n) is 2.91. The molecule has 1 aromatic carbocycles. The maximum Gasteiger partial charge on any atom is 0.133 e. The average Bonchev–Trinajstić information content (AvgIpc) is 2.71. The molecule has 1 atom stereocenters. The molecule has 30 heavy (non-hydrogen) atoms. The number of carbonyl (C=O) groups is 1. The standard InChI is InChI=1S/C18H29N.C7H11NO.C2H2/c1-6-15(13-18(3,4)5)17-10-8-7-9-16(17)14(2)11-12-19;1-3-8-6-4-5-7(2)9;1-2/h6-10,14H,11-13,19H2,1-5H3;3-4,6H,5H2,1-2H3;1-2H/b15-6+;6-4-,8-3?;. The van der Waals surface area contributed by atoms with Gasteiger partial charge in [-0.1, -0.05) is 64.1 Å². The number of Topliss-reactive ketones (excluding diaryl/α,β-unsaturated/α-hetero) is 1. The molecule has 0 amide bonds. The first kappa shape index (κ1) is 29.8. The fraction of sp³-hybridized carbons (Fsp3) is 0.481. The first-order valence-corrected chi connectivity index (χ1v) is 10.6. The molecule has 3 heteroatoms. The molecule has 0 saturated heterocycles. The predicted molar refractivity (Wildman–Crippen MR) is 135 cm³/mol. The van der Waals surface area contributed by atoms with Crippen LogP contribution in [-0.2, 0) is 4.79 Å². The molecular formula is C27H42N2O. The Morgan fingerprint density at radius 2 is 1.80 bits per heavy atom. The monoisotopic (exact) mass is 410 g/mol. The fourth-order valence-corrected chi connectivity index (χ4v) is 2.91. The highest BCUT2D eigenvalue weighted by Gasteiger charge is 2.17. The molecule has 0 heterocycles. The summed E-state index contributed by atoms with van der Waals surface area (Å²) in [5.41, 5.74) is 10.3. The molecular weight excluding hydrogens is 368 g/mol. The van der Waals surface area contributed by atoms with Gasteiger partial charge in [0.1, 0.15) is 5.78 Å². The maximum absolute atomic E-state index is 10.3. The molecule has 1 rings (SSSR count). The van der Waals surface area contributed by atoms with E-state index in [1.54, 1.807) is 25.4 Å². The molecule has 0 aliphatic carbocycles. The molecule has 0 bridgehead atoms. The maximum atomic E-state index is 10.3. The molecule has 0 saturated carbocycles. The summed E-state index contributed by atoms with van der Waals surface area (Å²) in [5.74, 6) is 0.689. The van der Waals surface area contributed by atoms with Crippen molar-refractivity contribution in [3.05, 3.63) is 53.7 Å². The molecule has 0 fully saturated rings. The highest BCUT2D eigenvalue weighted by Crippen LogP contribution is 2.34. The smallest absolute Gasteiger partial charge is 0.133 e. The number of carbonyl (C=O) groups excluding carboxylic acids is 1. The van der Waals surface area contributed by atoms with Gasteiger partial charge in [0.05, 0.1) is 0 Å². The van der Waals surface area contributed by atoms with Crippen LogP contribution in [-0.4, -0.2) is 18.5 Å². The Balaban J connectivity index is 0. The Kier molecular flexibility index (Phi) is 17.3. The number of hydrogen-bond acceptors (Lipinski definition) is 3. The highest BCUT2D eigenvalue weighted by atomic mass is 16.1. The Morgan fingerprint density at radius 3 is 2.27 bits per heavy atom. The predicted octanol–water partition coefficient (Wildman–Crippen LogP) is 6.80. The van der Waals surface area contributed by atoms with Crippen molar-refractivity contribution in [1.29, 1.82) is 0 Å². The quantitative estimate of drug-likeness (QED) is 0.378. The molecule has 0 spiro atoms. The number of hydrogen-bond donors (Lipinski definition) is 1. The van der Waals surface area contributed by atoms with Gasteiger partial charge in [0.25, 0.3) is 0 Å². The van der Waals surface area contributed by atoms with Crippen molar-refractivity contribution in [2.45, 2.75) is 73.6 Å². The lowest BCUT2D eigenvalue weighted by Gasteiger charge is -2.24. The number of rotatable bonds is 8. The summed E-state index contributed by atoms with van der Waals surface area (Å²) < 4.78 is 0. The van der Waals surface area contributed by atoms with Crippen LogP contribution in [0.5, 0.6) is 0 Å². The Morgan fingerprint density at radius 1 is 1.20 bits per heavy atom. The lowest BCUT2D eigenvalue weighted by molar-refractivity contribution is -0.116. The number of aliphatic imine (C=N–C) groups is 1. The van der Waals surface area contributed by atoms with Gasteiger partial charge in [-0.05, 0) is 68.2 Å². The molecule has 1 aromatic rings. The van der Waals surface area contributed by atoms with E-state index in [-0.39, 0.29) is 5.78 Å². The minimum absolute atomic E-state index is 0.164. The molecule has 166 valence electrons. The second kappa shape index (κ2) is 17.4. The summed E-state index contributed by atoms with van der Waals surface area (Å²) in [6, 6.07) is 8.78. The number of nitrogens with two attached hydrogens (primary N) is 1. The number of ketones is 1. The van der Waals surface area contributed by atoms with E-state index >= 15 is 0 Å². The van der Waals surface area contributed by atoms with Gasteiger partial charge in [-0.15, -0.1) is 12.8 Å². The zero-order chi connectivity index (χ0) is 23.6. The minimum atomic E-state index is 0.164. The first-order valence-electron chi connectivity index (χ1n) is 10.6. The largest absolute Gasteiger partial charge is 0.330 e. The summed E-state index contributed by atoms with van der Waals surface area (Å²) >= 11 is 0. The zero-order valence-corrected chi connectivity index (χ0v) is 20.1. The van der Waals surface area contributed by atoms with Crippen LogP contribution < -0.4 is 5.73 Å². The van der Waals surface area contributed by atoms with Crippen LogP contribution in [0.2, 0.25) is 0 Å². The summed E-state index contributed by atoms with van der Waals surface area (Å²) in [7, 11) is 0. The Bertz CT molecular complexity index is 703. The summed E-state index contributed by atoms with van der Waals surface area (Å²) in [5, 5.41) is 0. The SMILES string of the molecule is C#C.C/C=C(\CC(C)(C)C)c1ccccc1C(C)CCN.CC=N/C=C\CC(C)=O. The van der Waals surface area contributed by atoms with E-state index in [0.29, 0.717) is 17.8 Å². The molecule has 0 aromatic heterocycles. The van der Waals surface area contributed by atoms with Crippen molar-refractivity contribution in [2.24, 2.45) is 16.1 Å². The van der Waals surface area contributed by atoms with Crippen LogP contribution in [0.25, 0.3) is 5.57 Å². The van der Waals surface area contributed by atoms with Crippen molar-refractivity contribution >= 4 is 17.6 Å². The molecule has 3 nitrogen and oxygen atoms in total. The van der Waals surface area contributed by atoms with E-state index in [0.717, 1.165) is 19.4 Å². The van der Waals surface area contributed by atoms with E-state index in [9.17, 15) is 4.79 Å². The minimum Gasteiger partial charge on any atom is -0.330 e. The molecule has 1 unspecified atom stereocenters. The van der Waals surface area contributed by atoms with Gasteiger partial charge >= 0.3 is 0 Å². The molecule has 0 aliphatic rings. The van der Waals surface area contributed by atoms with Gasteiger partial charge < -0.3 is 5.73 Å². The van der Waals surface area contributed by atoms with Crippen LogP contribution in [0.4, 0.5) is 0 Å². The van der Waals surface area contributed by atoms with Crippen LogP contribution >= 0.6 is 0 Å². The average molecular weight is 411 g/mol. The van der Waals surface area contributed by atoms with E-state index < -0.39 is 0 Å². The van der Waals surface area contributed by atoms with Gasteiger partial charge in [0, 0.05) is 18.8 Å². The van der Waals surface area contributed by atoms with E-state index in [2.05, 4.69) is 82.8 Å². The van der Waals surface area contributed by atoms with Crippen molar-refractivity contribution in [2.75, 3.05) is 6.54 Å². The second-order valence-electron chi connectivity index (χ2n) is 8.32. The van der Waals surface area contributed by atoms with Crippen molar-refractivity contribution in [3.63, 3.8) is 0 Å². The Hall–Kier alpha value is -2.44. The van der Waals surface area contributed by atoms with E-state index in [1.807, 2.05) is 6.92 Å². The molecule has 2 N–H and O–H groups in total. The van der Waals surface area contributed by atoms with Crippen LogP contribution in [0.3, 0.4) is 0 Å². The summed E-state index contributed by atoms with van der Waals surface area (Å²) in [4.78, 5) is 14.1. The van der Waals surface area contributed by atoms with Crippen molar-refractivity contribution in [1.82, 2.24) is 0 Å². The summed E-state index contributed by atoms with van der Waals surface area (Å²) in [6.45, 7) is 15.4. The van der Waals surface area contributed by atoms with Crippen molar-refractivity contribution < 1.29 is 4.79 Å². The van der Waals surface area contributed by atoms with Gasteiger partial charge in [-0.2, -0.15) is 0 Å². The lowest BCUT2D eigenvalue weighted by atomic mass is 9.81. The lowest BCUT2D eigenvalue weighted by Crippen LogP contribution is -2.09. The summed E-state index contributed by atoms with van der Waals surface area (Å²) in [6.07, 6.45) is 17.9. The van der Waals surface area contributed by atoms with Gasteiger partial charge in [-0.3, -0.25) is 9.79 Å². The number of allylic oxidation sites excluding steroid dienone is 3. The third kappa shape index (κ3) is 14.5. The van der Waals surface area contributed by atoms with Gasteiger partial charge in [-0.25, -0.2) is 0 Å². The van der Waals surface area contributed by atoms with Gasteiger partial charge in [0.2, 0.25) is 0 Å². The number of benzene rings is 1. The third-order valence-corrected chi connectivity index (χ3v) is 4.25. The third-order valence-electron chi connectivity index (χ3n) is 4.25. The number of terminal acetylenes is 1. The first-order chi connectivity index (χ1) is 14.2. The Labute approximate surface area is 185 Å². The number of nitrogens with zero attached hydrogens (tertiary/aromatic N) is 1. The second-order valence-corrected chi connectivity index (χ2v) is 8.32.